The van der Waals surface area contributed by atoms with Gasteiger partial charge in [0.2, 0.25) is 0 Å². The molecule has 0 spiro atoms. The fraction of sp³-hybridized carbons (Fsp3) is 0.0769. The minimum Gasteiger partial charge on any atom is -0.508 e. The number of hydrogen-bond acceptors (Lipinski definition) is 3. The highest BCUT2D eigenvalue weighted by Gasteiger charge is 2.24. The fourth-order valence-electron chi connectivity index (χ4n) is 1.73. The summed E-state index contributed by atoms with van der Waals surface area (Å²) in [4.78, 5) is 10.8. The lowest BCUT2D eigenvalue weighted by atomic mass is 9.99. The van der Waals surface area contributed by atoms with Gasteiger partial charge in [0, 0.05) is 16.1 Å². The molecule has 0 radical (unpaired) electrons. The molecule has 0 saturated heterocycles. The van der Waals surface area contributed by atoms with Crippen LogP contribution in [-0.4, -0.2) is 10.0 Å². The summed E-state index contributed by atoms with van der Waals surface area (Å²) in [5.74, 6) is 0.101. The lowest BCUT2D eigenvalue weighted by Crippen LogP contribution is -2.11. The normalized spacial score (nSPS) is 12.0. The van der Waals surface area contributed by atoms with Gasteiger partial charge in [-0.2, -0.15) is 0 Å². The van der Waals surface area contributed by atoms with Crippen LogP contribution in [-0.2, 0) is 0 Å². The van der Waals surface area contributed by atoms with Crippen molar-refractivity contribution in [1.82, 2.24) is 0 Å². The van der Waals surface area contributed by atoms with Crippen LogP contribution in [0, 0.1) is 10.1 Å². The van der Waals surface area contributed by atoms with Gasteiger partial charge in [-0.25, -0.2) is 0 Å². The Morgan fingerprint density at radius 3 is 2.00 bits per heavy atom. The molecular formula is C13H11NO3. The van der Waals surface area contributed by atoms with Crippen molar-refractivity contribution in [2.24, 2.45) is 0 Å². The maximum Gasteiger partial charge on any atom is 0.263 e. The Balaban J connectivity index is 2.43. The molecule has 4 heteroatoms. The molecule has 0 saturated carbocycles. The molecule has 17 heavy (non-hydrogen) atoms. The Bertz CT molecular complexity index is 508. The molecule has 0 amide bonds. The second kappa shape index (κ2) is 4.65. The first-order valence-corrected chi connectivity index (χ1v) is 5.16. The van der Waals surface area contributed by atoms with Crippen molar-refractivity contribution in [3.05, 3.63) is 75.8 Å². The Hall–Kier alpha value is -2.36. The van der Waals surface area contributed by atoms with Crippen molar-refractivity contribution in [3.63, 3.8) is 0 Å². The van der Waals surface area contributed by atoms with Crippen LogP contribution in [0.15, 0.2) is 54.6 Å². The lowest BCUT2D eigenvalue weighted by molar-refractivity contribution is -0.517. The Morgan fingerprint density at radius 1 is 0.941 bits per heavy atom. The minimum atomic E-state index is -0.892. The van der Waals surface area contributed by atoms with E-state index in [1.807, 2.05) is 6.07 Å². The van der Waals surface area contributed by atoms with Gasteiger partial charge in [-0.15, -0.1) is 0 Å². The van der Waals surface area contributed by atoms with Crippen molar-refractivity contribution in [2.75, 3.05) is 0 Å². The Labute approximate surface area is 98.3 Å². The zero-order valence-electron chi connectivity index (χ0n) is 8.98. The molecule has 0 aromatic heterocycles. The van der Waals surface area contributed by atoms with E-state index in [0.717, 1.165) is 0 Å². The van der Waals surface area contributed by atoms with E-state index in [9.17, 15) is 15.2 Å². The standard InChI is InChI=1S/C13H11NO3/c15-12-8-6-11(7-9-12)13(14(16)17)10-4-2-1-3-5-10/h1-9,13,15H. The summed E-state index contributed by atoms with van der Waals surface area (Å²) in [5, 5.41) is 20.3. The first kappa shape index (κ1) is 11.1. The Kier molecular flexibility index (Phi) is 3.05. The lowest BCUT2D eigenvalue weighted by Gasteiger charge is -2.09. The first-order chi connectivity index (χ1) is 8.18. The van der Waals surface area contributed by atoms with E-state index in [1.165, 1.54) is 12.1 Å². The van der Waals surface area contributed by atoms with Crippen LogP contribution in [0.25, 0.3) is 0 Å². The average Bonchev–Trinajstić information content (AvgIpc) is 2.33. The van der Waals surface area contributed by atoms with Gasteiger partial charge in [0.15, 0.2) is 0 Å². The van der Waals surface area contributed by atoms with Crippen molar-refractivity contribution < 1.29 is 10.0 Å². The van der Waals surface area contributed by atoms with Gasteiger partial charge in [0.05, 0.1) is 0 Å². The number of hydrogen-bond donors (Lipinski definition) is 1. The third-order valence-electron chi connectivity index (χ3n) is 2.53. The molecule has 0 heterocycles. The third kappa shape index (κ3) is 2.42. The summed E-state index contributed by atoms with van der Waals surface area (Å²) < 4.78 is 0. The summed E-state index contributed by atoms with van der Waals surface area (Å²) in [6.45, 7) is 0. The van der Waals surface area contributed by atoms with Gasteiger partial charge in [-0.05, 0) is 24.3 Å². The van der Waals surface area contributed by atoms with Crippen LogP contribution in [0.2, 0.25) is 0 Å². The zero-order chi connectivity index (χ0) is 12.3. The number of nitro groups is 1. The zero-order valence-corrected chi connectivity index (χ0v) is 8.98. The van der Waals surface area contributed by atoms with E-state index in [0.29, 0.717) is 11.1 Å². The fourth-order valence-corrected chi connectivity index (χ4v) is 1.73. The molecule has 0 fully saturated rings. The largest absolute Gasteiger partial charge is 0.508 e. The van der Waals surface area contributed by atoms with Crippen molar-refractivity contribution in [2.45, 2.75) is 6.04 Å². The molecule has 0 bridgehead atoms. The second-order valence-electron chi connectivity index (χ2n) is 3.69. The molecular weight excluding hydrogens is 218 g/mol. The summed E-state index contributed by atoms with van der Waals surface area (Å²) in [6, 6.07) is 13.9. The van der Waals surface area contributed by atoms with Crippen molar-refractivity contribution in [3.8, 4) is 5.75 Å². The predicted molar refractivity (Wildman–Crippen MR) is 63.4 cm³/mol. The molecule has 4 nitrogen and oxygen atoms in total. The number of aromatic hydroxyl groups is 1. The molecule has 2 rings (SSSR count). The highest BCUT2D eigenvalue weighted by Crippen LogP contribution is 2.26. The van der Waals surface area contributed by atoms with Crippen LogP contribution >= 0.6 is 0 Å². The number of phenols is 1. The highest BCUT2D eigenvalue weighted by atomic mass is 16.6. The highest BCUT2D eigenvalue weighted by molar-refractivity contribution is 5.33. The maximum absolute atomic E-state index is 11.1. The molecule has 1 atom stereocenters. The predicted octanol–water partition coefficient (Wildman–Crippen LogP) is 2.76. The van der Waals surface area contributed by atoms with Crippen LogP contribution < -0.4 is 0 Å². The quantitative estimate of drug-likeness (QED) is 0.650. The van der Waals surface area contributed by atoms with Crippen molar-refractivity contribution >= 4 is 0 Å². The second-order valence-corrected chi connectivity index (χ2v) is 3.69. The average molecular weight is 229 g/mol. The van der Waals surface area contributed by atoms with Gasteiger partial charge in [-0.3, -0.25) is 10.1 Å². The molecule has 0 aliphatic carbocycles. The molecule has 86 valence electrons. The summed E-state index contributed by atoms with van der Waals surface area (Å²) in [6.07, 6.45) is 0. The van der Waals surface area contributed by atoms with E-state index >= 15 is 0 Å². The van der Waals surface area contributed by atoms with Crippen LogP contribution in [0.3, 0.4) is 0 Å². The molecule has 1 unspecified atom stereocenters. The monoisotopic (exact) mass is 229 g/mol. The smallest absolute Gasteiger partial charge is 0.263 e. The molecule has 2 aromatic carbocycles. The van der Waals surface area contributed by atoms with E-state index in [4.69, 9.17) is 0 Å². The van der Waals surface area contributed by atoms with E-state index < -0.39 is 6.04 Å². The first-order valence-electron chi connectivity index (χ1n) is 5.16. The number of benzene rings is 2. The van der Waals surface area contributed by atoms with Gasteiger partial charge in [0.1, 0.15) is 5.75 Å². The SMILES string of the molecule is O=[N+]([O-])C(c1ccccc1)c1ccc(O)cc1. The van der Waals surface area contributed by atoms with E-state index in [1.54, 1.807) is 36.4 Å². The van der Waals surface area contributed by atoms with Gasteiger partial charge < -0.3 is 5.11 Å². The number of nitrogens with zero attached hydrogens (tertiary/aromatic N) is 1. The van der Waals surface area contributed by atoms with E-state index in [-0.39, 0.29) is 10.7 Å². The number of phenolic OH excluding ortho intramolecular Hbond substituents is 1. The topological polar surface area (TPSA) is 63.4 Å². The van der Waals surface area contributed by atoms with E-state index in [2.05, 4.69) is 0 Å². The van der Waals surface area contributed by atoms with Crippen molar-refractivity contribution in [1.29, 1.82) is 0 Å². The Morgan fingerprint density at radius 2 is 1.47 bits per heavy atom. The molecule has 0 aliphatic heterocycles. The maximum atomic E-state index is 11.1. The number of rotatable bonds is 3. The molecule has 0 aliphatic rings. The van der Waals surface area contributed by atoms with Crippen LogP contribution in [0.4, 0.5) is 0 Å². The minimum absolute atomic E-state index is 0.101. The van der Waals surface area contributed by atoms with Gasteiger partial charge in [-0.1, -0.05) is 30.3 Å². The summed E-state index contributed by atoms with van der Waals surface area (Å²) >= 11 is 0. The van der Waals surface area contributed by atoms with Gasteiger partial charge in [0.25, 0.3) is 6.04 Å². The van der Waals surface area contributed by atoms with Crippen LogP contribution in [0.5, 0.6) is 5.75 Å². The molecule has 2 aromatic rings. The van der Waals surface area contributed by atoms with Crippen LogP contribution in [0.1, 0.15) is 17.2 Å². The van der Waals surface area contributed by atoms with Gasteiger partial charge >= 0.3 is 0 Å². The molecule has 1 N–H and O–H groups in total. The summed E-state index contributed by atoms with van der Waals surface area (Å²) in [5.41, 5.74) is 1.18. The third-order valence-corrected chi connectivity index (χ3v) is 2.53. The summed E-state index contributed by atoms with van der Waals surface area (Å²) in [7, 11) is 0.